The van der Waals surface area contributed by atoms with Crippen molar-refractivity contribution in [2.24, 2.45) is 0 Å². The van der Waals surface area contributed by atoms with Crippen LogP contribution in [0.4, 0.5) is 0 Å². The van der Waals surface area contributed by atoms with Crippen molar-refractivity contribution in [2.75, 3.05) is 0 Å². The number of hydrogen-bond donors (Lipinski definition) is 1. The summed E-state index contributed by atoms with van der Waals surface area (Å²) in [7, 11) is 0. The van der Waals surface area contributed by atoms with E-state index in [1.165, 1.54) is 0 Å². The van der Waals surface area contributed by atoms with Gasteiger partial charge in [0.25, 0.3) is 0 Å². The molecule has 0 fully saturated rings. The van der Waals surface area contributed by atoms with Gasteiger partial charge in [-0.3, -0.25) is 0 Å². The minimum Gasteiger partial charge on any atom is -1.00 e. The van der Waals surface area contributed by atoms with E-state index in [2.05, 4.69) is 0 Å². The molecule has 48 valence electrons. The Balaban J connectivity index is -0.0000000327. The van der Waals surface area contributed by atoms with E-state index in [0.29, 0.717) is 5.75 Å². The van der Waals surface area contributed by atoms with Gasteiger partial charge < -0.3 is 13.4 Å². The van der Waals surface area contributed by atoms with Gasteiger partial charge in [0.15, 0.2) is 0 Å². The Kier molecular flexibility index (Phi) is 17.1. The topological polar surface area (TPSA) is 51.7 Å². The first-order chi connectivity index (χ1) is 3.39. The molecule has 4 heteroatoms. The average molecular weight is 160 g/mol. The minimum atomic E-state index is 0. The molecular weight excluding hydrogens is 150 g/mol. The predicted molar refractivity (Wildman–Crippen MR) is 33.9 cm³/mol. The molecule has 1 aromatic carbocycles. The third-order valence-electron chi connectivity index (χ3n) is 0.756. The minimum absolute atomic E-state index is 0. The molecule has 1 aromatic rings. The summed E-state index contributed by atoms with van der Waals surface area (Å²) in [6, 6.07) is 8.71. The standard InChI is InChI=1S/C6H6O.2Na.H2O.2H/c7-6-4-2-1-3-5-6;;;;;/h1-5,7H;;;1H2;;/q;2*+1;;2*-1. The summed E-state index contributed by atoms with van der Waals surface area (Å²) in [6.45, 7) is 0. The molecule has 0 radical (unpaired) electrons. The fourth-order valence-electron chi connectivity index (χ4n) is 0.428. The Bertz CT molecular complexity index is 151. The third kappa shape index (κ3) is 7.09. The number of para-hydroxylation sites is 1. The Hall–Kier alpha value is 0.980. The van der Waals surface area contributed by atoms with E-state index in [1.54, 1.807) is 24.3 Å². The van der Waals surface area contributed by atoms with Crippen molar-refractivity contribution in [3.8, 4) is 5.75 Å². The molecule has 0 bridgehead atoms. The smallest absolute Gasteiger partial charge is 1.00 e. The number of benzene rings is 1. The van der Waals surface area contributed by atoms with E-state index in [9.17, 15) is 0 Å². The van der Waals surface area contributed by atoms with Crippen LogP contribution in [0.5, 0.6) is 5.75 Å². The molecule has 10 heavy (non-hydrogen) atoms. The molecule has 1 rings (SSSR count). The Morgan fingerprint density at radius 2 is 1.40 bits per heavy atom. The molecule has 0 aliphatic heterocycles. The number of hydrogen-bond acceptors (Lipinski definition) is 1. The summed E-state index contributed by atoms with van der Waals surface area (Å²) >= 11 is 0. The van der Waals surface area contributed by atoms with Crippen LogP contribution >= 0.6 is 0 Å². The molecule has 0 atom stereocenters. The first-order valence-electron chi connectivity index (χ1n) is 2.13. The van der Waals surface area contributed by atoms with Gasteiger partial charge >= 0.3 is 59.1 Å². The van der Waals surface area contributed by atoms with E-state index < -0.39 is 0 Å². The Morgan fingerprint density at radius 3 is 1.60 bits per heavy atom. The SMILES string of the molecule is O.Oc1ccccc1.[H-].[H-].[Na+].[Na+]. The molecule has 0 heterocycles. The van der Waals surface area contributed by atoms with Crippen LogP contribution in [0.25, 0.3) is 0 Å². The van der Waals surface area contributed by atoms with Crippen LogP contribution in [0.3, 0.4) is 0 Å². The second kappa shape index (κ2) is 9.98. The van der Waals surface area contributed by atoms with Gasteiger partial charge in [-0.2, -0.15) is 0 Å². The monoisotopic (exact) mass is 160 g/mol. The number of aromatic hydroxyl groups is 1. The van der Waals surface area contributed by atoms with Crippen molar-refractivity contribution in [3.63, 3.8) is 0 Å². The molecule has 0 unspecified atom stereocenters. The quantitative estimate of drug-likeness (QED) is 0.379. The molecule has 0 aromatic heterocycles. The van der Waals surface area contributed by atoms with Crippen LogP contribution in [0.1, 0.15) is 2.85 Å². The summed E-state index contributed by atoms with van der Waals surface area (Å²) in [5.74, 6) is 0.322. The summed E-state index contributed by atoms with van der Waals surface area (Å²) in [4.78, 5) is 0. The van der Waals surface area contributed by atoms with E-state index in [-0.39, 0.29) is 67.4 Å². The summed E-state index contributed by atoms with van der Waals surface area (Å²) in [5.41, 5.74) is 0. The van der Waals surface area contributed by atoms with E-state index in [4.69, 9.17) is 5.11 Å². The zero-order valence-electron chi connectivity index (χ0n) is 8.33. The van der Waals surface area contributed by atoms with Gasteiger partial charge in [-0.25, -0.2) is 0 Å². The fraction of sp³-hybridized carbons (Fsp3) is 0. The first-order valence-corrected chi connectivity index (χ1v) is 2.13. The van der Waals surface area contributed by atoms with Gasteiger partial charge in [0, 0.05) is 0 Å². The Morgan fingerprint density at radius 1 is 1.00 bits per heavy atom. The van der Waals surface area contributed by atoms with Crippen LogP contribution in [-0.4, -0.2) is 10.6 Å². The second-order valence-corrected chi connectivity index (χ2v) is 1.34. The van der Waals surface area contributed by atoms with Gasteiger partial charge in [-0.15, -0.1) is 0 Å². The number of phenols is 1. The maximum atomic E-state index is 8.63. The molecule has 0 spiro atoms. The van der Waals surface area contributed by atoms with E-state index in [0.717, 1.165) is 0 Å². The van der Waals surface area contributed by atoms with E-state index >= 15 is 0 Å². The summed E-state index contributed by atoms with van der Waals surface area (Å²) < 4.78 is 0. The average Bonchev–Trinajstić information content (AvgIpc) is 1.69. The molecular formula is C6H10Na2O2. The fourth-order valence-corrected chi connectivity index (χ4v) is 0.428. The summed E-state index contributed by atoms with van der Waals surface area (Å²) in [5, 5.41) is 8.63. The van der Waals surface area contributed by atoms with Gasteiger partial charge in [-0.1, -0.05) is 18.2 Å². The van der Waals surface area contributed by atoms with Crippen molar-refractivity contribution < 1.29 is 72.6 Å². The first kappa shape index (κ1) is 17.2. The van der Waals surface area contributed by atoms with E-state index in [1.807, 2.05) is 6.07 Å². The number of rotatable bonds is 0. The zero-order chi connectivity index (χ0) is 5.11. The van der Waals surface area contributed by atoms with Crippen LogP contribution in [0.15, 0.2) is 30.3 Å². The van der Waals surface area contributed by atoms with Gasteiger partial charge in [0.05, 0.1) is 0 Å². The Labute approximate surface area is 108 Å². The summed E-state index contributed by atoms with van der Waals surface area (Å²) in [6.07, 6.45) is 0. The number of phenolic OH excluding ortho intramolecular Hbond substituents is 1. The van der Waals surface area contributed by atoms with Crippen molar-refractivity contribution in [3.05, 3.63) is 30.3 Å². The molecule has 0 aliphatic carbocycles. The molecule has 2 nitrogen and oxygen atoms in total. The molecule has 0 saturated heterocycles. The van der Waals surface area contributed by atoms with Crippen LogP contribution in [-0.2, 0) is 0 Å². The van der Waals surface area contributed by atoms with Crippen LogP contribution in [0, 0.1) is 0 Å². The third-order valence-corrected chi connectivity index (χ3v) is 0.756. The second-order valence-electron chi connectivity index (χ2n) is 1.34. The largest absolute Gasteiger partial charge is 1.00 e. The molecule has 0 aliphatic rings. The van der Waals surface area contributed by atoms with Crippen LogP contribution < -0.4 is 59.1 Å². The normalized spacial score (nSPS) is 6.00. The van der Waals surface area contributed by atoms with Crippen molar-refractivity contribution in [1.29, 1.82) is 0 Å². The zero-order valence-corrected chi connectivity index (χ0v) is 10.3. The van der Waals surface area contributed by atoms with Crippen molar-refractivity contribution in [2.45, 2.75) is 0 Å². The predicted octanol–water partition coefficient (Wildman–Crippen LogP) is -5.20. The van der Waals surface area contributed by atoms with Gasteiger partial charge in [0.2, 0.25) is 0 Å². The molecule has 0 amide bonds. The van der Waals surface area contributed by atoms with Gasteiger partial charge in [-0.05, 0) is 12.1 Å². The van der Waals surface area contributed by atoms with Crippen molar-refractivity contribution >= 4 is 0 Å². The molecule has 0 saturated carbocycles. The molecule has 3 N–H and O–H groups in total. The van der Waals surface area contributed by atoms with Gasteiger partial charge in [0.1, 0.15) is 5.75 Å². The maximum absolute atomic E-state index is 8.63. The van der Waals surface area contributed by atoms with Crippen LogP contribution in [0.2, 0.25) is 0 Å². The van der Waals surface area contributed by atoms with Crippen molar-refractivity contribution in [1.82, 2.24) is 0 Å². The maximum Gasteiger partial charge on any atom is 1.00 e.